The zero-order valence-corrected chi connectivity index (χ0v) is 19.0. The molecule has 0 saturated carbocycles. The Hall–Kier alpha value is -4.26. The summed E-state index contributed by atoms with van der Waals surface area (Å²) in [6.07, 6.45) is -1.04. The molecule has 1 atom stereocenters. The number of benzene rings is 3. The molecule has 7 nitrogen and oxygen atoms in total. The molecule has 0 unspecified atom stereocenters. The van der Waals surface area contributed by atoms with Crippen molar-refractivity contribution < 1.29 is 14.3 Å². The van der Waals surface area contributed by atoms with Gasteiger partial charge in [0.25, 0.3) is 11.5 Å². The van der Waals surface area contributed by atoms with E-state index in [0.717, 1.165) is 15.8 Å². The number of carbonyl (C=O) groups excluding carboxylic acids is 2. The van der Waals surface area contributed by atoms with Gasteiger partial charge in [-0.2, -0.15) is 5.10 Å². The molecule has 0 bridgehead atoms. The first kappa shape index (κ1) is 22.9. The van der Waals surface area contributed by atoms with E-state index in [4.69, 9.17) is 4.74 Å². The fourth-order valence-corrected chi connectivity index (χ4v) is 3.79. The predicted octanol–water partition coefficient (Wildman–Crippen LogP) is 3.71. The Morgan fingerprint density at radius 2 is 1.35 bits per heavy atom. The van der Waals surface area contributed by atoms with Crippen LogP contribution in [0.4, 0.5) is 0 Å². The summed E-state index contributed by atoms with van der Waals surface area (Å²) in [5.74, 6) is -1.08. The summed E-state index contributed by atoms with van der Waals surface area (Å²) >= 11 is 0. The van der Waals surface area contributed by atoms with Crippen LogP contribution in [0.5, 0.6) is 0 Å². The molecule has 0 saturated heterocycles. The minimum absolute atomic E-state index is 0.00461. The molecule has 0 spiro atoms. The van der Waals surface area contributed by atoms with E-state index in [2.05, 4.69) is 5.10 Å². The molecule has 0 aliphatic heterocycles. The minimum atomic E-state index is -1.04. The van der Waals surface area contributed by atoms with Gasteiger partial charge < -0.3 is 9.64 Å². The minimum Gasteiger partial charge on any atom is -0.448 e. The van der Waals surface area contributed by atoms with Gasteiger partial charge in [-0.3, -0.25) is 9.59 Å². The van der Waals surface area contributed by atoms with Crippen LogP contribution in [0.3, 0.4) is 0 Å². The number of carbonyl (C=O) groups is 2. The molecule has 4 rings (SSSR count). The van der Waals surface area contributed by atoms with Gasteiger partial charge >= 0.3 is 5.97 Å². The zero-order chi connectivity index (χ0) is 24.1. The first-order valence-electron chi connectivity index (χ1n) is 11.0. The number of hydrogen-bond acceptors (Lipinski definition) is 5. The highest BCUT2D eigenvalue weighted by molar-refractivity contribution is 6.02. The van der Waals surface area contributed by atoms with E-state index in [-0.39, 0.29) is 17.2 Å². The van der Waals surface area contributed by atoms with Gasteiger partial charge in [-0.25, -0.2) is 9.48 Å². The second-order valence-electron chi connectivity index (χ2n) is 8.04. The van der Waals surface area contributed by atoms with Crippen LogP contribution in [0, 0.1) is 0 Å². The van der Waals surface area contributed by atoms with E-state index >= 15 is 0 Å². The largest absolute Gasteiger partial charge is 0.448 e. The molecule has 34 heavy (non-hydrogen) atoms. The van der Waals surface area contributed by atoms with Gasteiger partial charge in [0, 0.05) is 25.5 Å². The summed E-state index contributed by atoms with van der Waals surface area (Å²) in [6.45, 7) is 2.29. The van der Waals surface area contributed by atoms with Crippen LogP contribution >= 0.6 is 0 Å². The quantitative estimate of drug-likeness (QED) is 0.397. The van der Waals surface area contributed by atoms with E-state index in [9.17, 15) is 14.4 Å². The van der Waals surface area contributed by atoms with Crippen molar-refractivity contribution in [2.24, 2.45) is 7.05 Å². The SMILES string of the molecule is C[C@@H](OC(=O)c1nn(C)c(=O)c2ccccc12)C(=O)N(Cc1ccccc1)Cc1ccccc1. The number of hydrogen-bond donors (Lipinski definition) is 0. The van der Waals surface area contributed by atoms with E-state index in [0.29, 0.717) is 23.9 Å². The van der Waals surface area contributed by atoms with Crippen molar-refractivity contribution in [2.75, 3.05) is 0 Å². The molecule has 0 fully saturated rings. The maximum atomic E-state index is 13.4. The standard InChI is InChI=1S/C27H25N3O4/c1-19(34-27(33)24-22-15-9-10-16-23(22)26(32)29(2)28-24)25(31)30(17-20-11-5-3-6-12-20)18-21-13-7-4-8-14-21/h3-16,19H,17-18H2,1-2H3/t19-/m1/s1. The highest BCUT2D eigenvalue weighted by atomic mass is 16.5. The molecule has 0 radical (unpaired) electrons. The molecule has 172 valence electrons. The Morgan fingerprint density at radius 1 is 0.853 bits per heavy atom. The van der Waals surface area contributed by atoms with Crippen LogP contribution in [0.25, 0.3) is 10.8 Å². The number of rotatable bonds is 7. The lowest BCUT2D eigenvalue weighted by molar-refractivity contribution is -0.141. The lowest BCUT2D eigenvalue weighted by Gasteiger charge is -2.26. The summed E-state index contributed by atoms with van der Waals surface area (Å²) in [5, 5.41) is 4.85. The van der Waals surface area contributed by atoms with E-state index in [1.165, 1.54) is 7.05 Å². The second-order valence-corrected chi connectivity index (χ2v) is 8.04. The van der Waals surface area contributed by atoms with Crippen molar-refractivity contribution in [1.29, 1.82) is 0 Å². The Morgan fingerprint density at radius 3 is 1.91 bits per heavy atom. The van der Waals surface area contributed by atoms with Gasteiger partial charge in [0.15, 0.2) is 11.8 Å². The second kappa shape index (κ2) is 10.1. The lowest BCUT2D eigenvalue weighted by Crippen LogP contribution is -2.39. The lowest BCUT2D eigenvalue weighted by atomic mass is 10.1. The number of esters is 1. The normalized spacial score (nSPS) is 11.7. The predicted molar refractivity (Wildman–Crippen MR) is 129 cm³/mol. The van der Waals surface area contributed by atoms with Crippen molar-refractivity contribution >= 4 is 22.6 Å². The van der Waals surface area contributed by atoms with Gasteiger partial charge in [-0.05, 0) is 24.1 Å². The molecule has 1 amide bonds. The first-order valence-corrected chi connectivity index (χ1v) is 11.0. The van der Waals surface area contributed by atoms with E-state index in [1.807, 2.05) is 60.7 Å². The van der Waals surface area contributed by atoms with Crippen LogP contribution in [0.1, 0.15) is 28.5 Å². The highest BCUT2D eigenvalue weighted by Crippen LogP contribution is 2.17. The highest BCUT2D eigenvalue weighted by Gasteiger charge is 2.27. The maximum absolute atomic E-state index is 13.4. The van der Waals surface area contributed by atoms with Crippen LogP contribution in [-0.4, -0.2) is 32.7 Å². The molecule has 4 aromatic rings. The van der Waals surface area contributed by atoms with Crippen molar-refractivity contribution in [2.45, 2.75) is 26.1 Å². The number of ether oxygens (including phenoxy) is 1. The van der Waals surface area contributed by atoms with Gasteiger partial charge in [0.2, 0.25) is 0 Å². The summed E-state index contributed by atoms with van der Waals surface area (Å²) in [5.41, 5.74) is 1.62. The average Bonchev–Trinajstić information content (AvgIpc) is 2.86. The maximum Gasteiger partial charge on any atom is 0.360 e. The van der Waals surface area contributed by atoms with Gasteiger partial charge in [-0.15, -0.1) is 0 Å². The zero-order valence-electron chi connectivity index (χ0n) is 19.0. The van der Waals surface area contributed by atoms with Crippen molar-refractivity contribution in [3.05, 3.63) is 112 Å². The molecule has 7 heteroatoms. The van der Waals surface area contributed by atoms with Crippen LogP contribution in [0.2, 0.25) is 0 Å². The summed E-state index contributed by atoms with van der Waals surface area (Å²) in [6, 6.07) is 26.0. The van der Waals surface area contributed by atoms with Crippen LogP contribution in [-0.2, 0) is 29.7 Å². The number of aromatic nitrogens is 2. The Bertz CT molecular complexity index is 1330. The molecule has 3 aromatic carbocycles. The third-order valence-corrected chi connectivity index (χ3v) is 5.53. The van der Waals surface area contributed by atoms with Crippen LogP contribution in [0.15, 0.2) is 89.7 Å². The third-order valence-electron chi connectivity index (χ3n) is 5.53. The Balaban J connectivity index is 1.57. The number of amides is 1. The topological polar surface area (TPSA) is 81.5 Å². The van der Waals surface area contributed by atoms with Crippen molar-refractivity contribution in [3.63, 3.8) is 0 Å². The molecular formula is C27H25N3O4. The first-order chi connectivity index (χ1) is 16.4. The smallest absolute Gasteiger partial charge is 0.360 e. The summed E-state index contributed by atoms with van der Waals surface area (Å²) in [4.78, 5) is 40.4. The molecule has 1 heterocycles. The van der Waals surface area contributed by atoms with Crippen LogP contribution < -0.4 is 5.56 Å². The van der Waals surface area contributed by atoms with Gasteiger partial charge in [0.1, 0.15) is 0 Å². The van der Waals surface area contributed by atoms with Gasteiger partial charge in [0.05, 0.1) is 5.39 Å². The number of fused-ring (bicyclic) bond motifs is 1. The summed E-state index contributed by atoms with van der Waals surface area (Å²) in [7, 11) is 1.47. The van der Waals surface area contributed by atoms with Crippen molar-refractivity contribution in [1.82, 2.24) is 14.7 Å². The number of nitrogens with zero attached hydrogens (tertiary/aromatic N) is 3. The Kier molecular flexibility index (Phi) is 6.82. The molecule has 0 aliphatic rings. The van der Waals surface area contributed by atoms with Gasteiger partial charge in [-0.1, -0.05) is 78.9 Å². The molecular weight excluding hydrogens is 430 g/mol. The van der Waals surface area contributed by atoms with E-state index in [1.54, 1.807) is 36.1 Å². The Labute approximate surface area is 197 Å². The van der Waals surface area contributed by atoms with E-state index < -0.39 is 12.1 Å². The van der Waals surface area contributed by atoms with Crippen molar-refractivity contribution in [3.8, 4) is 0 Å². The average molecular weight is 456 g/mol. The molecule has 0 N–H and O–H groups in total. The third kappa shape index (κ3) is 5.04. The summed E-state index contributed by atoms with van der Waals surface area (Å²) < 4.78 is 6.65. The fourth-order valence-electron chi connectivity index (χ4n) is 3.79. The molecule has 1 aromatic heterocycles. The number of aryl methyl sites for hydroxylation is 1. The monoisotopic (exact) mass is 455 g/mol. The fraction of sp³-hybridized carbons (Fsp3) is 0.185. The molecule has 0 aliphatic carbocycles.